The molecule has 2 aromatic rings. The van der Waals surface area contributed by atoms with E-state index in [-0.39, 0.29) is 13.1 Å². The Kier molecular flexibility index (Phi) is 4.42. The number of aryl methyl sites for hydroxylation is 3. The molecule has 1 aromatic heterocycles. The summed E-state index contributed by atoms with van der Waals surface area (Å²) in [7, 11) is 0. The number of fused-ring (bicyclic) bond motifs is 3. The topological polar surface area (TPSA) is 95.7 Å². The van der Waals surface area contributed by atoms with E-state index in [0.29, 0.717) is 5.69 Å². The smallest absolute Gasteiger partial charge is 0.323 e. The molecule has 0 unspecified atom stereocenters. The Morgan fingerprint density at radius 3 is 2.54 bits per heavy atom. The van der Waals surface area contributed by atoms with Gasteiger partial charge in [0, 0.05) is 23.3 Å². The number of carboxylic acid groups (broad SMARTS) is 2. The molecule has 0 saturated carbocycles. The largest absolute Gasteiger partial charge is 0.480 e. The van der Waals surface area contributed by atoms with E-state index >= 15 is 0 Å². The Morgan fingerprint density at radius 1 is 1.17 bits per heavy atom. The molecule has 0 fully saturated rings. The number of rotatable bonds is 5. The van der Waals surface area contributed by atoms with Crippen molar-refractivity contribution in [1.82, 2.24) is 9.78 Å². The minimum atomic E-state index is -1.06. The van der Waals surface area contributed by atoms with Crippen LogP contribution >= 0.6 is 0 Å². The standard InChI is InChI=1S/C17H21N3O4/c1-11-7-12-13(18-20-6-4-2-3-5-14(12)20)8-15(11)19(9-16(21)22)10-17(23)24/h7-8H,2-6,9-10H2,1H3,(H,21,22)(H,23,24). The minimum absolute atomic E-state index is 0.355. The van der Waals surface area contributed by atoms with Crippen LogP contribution in [0.4, 0.5) is 5.69 Å². The fraction of sp³-hybridized carbons (Fsp3) is 0.471. The van der Waals surface area contributed by atoms with E-state index in [0.717, 1.165) is 42.3 Å². The molecular weight excluding hydrogens is 310 g/mol. The summed E-state index contributed by atoms with van der Waals surface area (Å²) in [6.45, 7) is 2.07. The molecule has 0 spiro atoms. The zero-order chi connectivity index (χ0) is 17.3. The van der Waals surface area contributed by atoms with Gasteiger partial charge in [0.05, 0.1) is 5.52 Å². The van der Waals surface area contributed by atoms with Gasteiger partial charge in [0.15, 0.2) is 0 Å². The lowest BCUT2D eigenvalue weighted by molar-refractivity contribution is -0.136. The number of hydrogen-bond acceptors (Lipinski definition) is 4. The van der Waals surface area contributed by atoms with Crippen LogP contribution in [0.25, 0.3) is 10.9 Å². The number of carbonyl (C=O) groups is 2. The van der Waals surface area contributed by atoms with Gasteiger partial charge in [-0.15, -0.1) is 0 Å². The highest BCUT2D eigenvalue weighted by Crippen LogP contribution is 2.30. The Labute approximate surface area is 139 Å². The first-order valence-electron chi connectivity index (χ1n) is 8.14. The molecule has 2 heterocycles. The van der Waals surface area contributed by atoms with E-state index in [1.165, 1.54) is 17.0 Å². The van der Waals surface area contributed by atoms with Crippen molar-refractivity contribution < 1.29 is 19.8 Å². The van der Waals surface area contributed by atoms with Gasteiger partial charge in [0.1, 0.15) is 13.1 Å². The quantitative estimate of drug-likeness (QED) is 0.870. The normalized spacial score (nSPS) is 14.2. The number of carboxylic acids is 2. The highest BCUT2D eigenvalue weighted by Gasteiger charge is 2.20. The van der Waals surface area contributed by atoms with Crippen LogP contribution in [0.15, 0.2) is 12.1 Å². The molecule has 0 aliphatic carbocycles. The maximum atomic E-state index is 11.1. The second-order valence-corrected chi connectivity index (χ2v) is 6.28. The van der Waals surface area contributed by atoms with Gasteiger partial charge in [0.25, 0.3) is 0 Å². The van der Waals surface area contributed by atoms with Crippen LogP contribution in [-0.4, -0.2) is 45.0 Å². The third-order valence-corrected chi connectivity index (χ3v) is 4.44. The lowest BCUT2D eigenvalue weighted by Crippen LogP contribution is -2.34. The summed E-state index contributed by atoms with van der Waals surface area (Å²) in [5.41, 5.74) is 3.50. The Balaban J connectivity index is 2.06. The number of anilines is 1. The van der Waals surface area contributed by atoms with E-state index in [1.54, 1.807) is 0 Å². The third kappa shape index (κ3) is 3.20. The molecule has 0 bridgehead atoms. The van der Waals surface area contributed by atoms with E-state index in [9.17, 15) is 9.59 Å². The summed E-state index contributed by atoms with van der Waals surface area (Å²) in [4.78, 5) is 23.5. The molecule has 0 saturated heterocycles. The molecule has 128 valence electrons. The molecular formula is C17H21N3O4. The summed E-state index contributed by atoms with van der Waals surface area (Å²) < 4.78 is 2.04. The van der Waals surface area contributed by atoms with Crippen molar-refractivity contribution in [2.75, 3.05) is 18.0 Å². The summed E-state index contributed by atoms with van der Waals surface area (Å²) in [6.07, 6.45) is 4.44. The van der Waals surface area contributed by atoms with Gasteiger partial charge in [-0.05, 0) is 43.9 Å². The highest BCUT2D eigenvalue weighted by atomic mass is 16.4. The van der Waals surface area contributed by atoms with Crippen molar-refractivity contribution in [2.24, 2.45) is 0 Å². The third-order valence-electron chi connectivity index (χ3n) is 4.44. The number of benzene rings is 1. The van der Waals surface area contributed by atoms with Crippen LogP contribution in [0.5, 0.6) is 0 Å². The predicted molar refractivity (Wildman–Crippen MR) is 89.5 cm³/mol. The maximum absolute atomic E-state index is 11.1. The first-order chi connectivity index (χ1) is 11.5. The molecule has 7 nitrogen and oxygen atoms in total. The maximum Gasteiger partial charge on any atom is 0.323 e. The Bertz CT molecular complexity index is 781. The van der Waals surface area contributed by atoms with Crippen molar-refractivity contribution in [3.63, 3.8) is 0 Å². The fourth-order valence-electron chi connectivity index (χ4n) is 3.40. The predicted octanol–water partition coefficient (Wildman–Crippen LogP) is 2.05. The van der Waals surface area contributed by atoms with Gasteiger partial charge in [-0.25, -0.2) is 0 Å². The summed E-state index contributed by atoms with van der Waals surface area (Å²) in [6, 6.07) is 3.82. The van der Waals surface area contributed by atoms with Crippen molar-refractivity contribution in [1.29, 1.82) is 0 Å². The van der Waals surface area contributed by atoms with Gasteiger partial charge >= 0.3 is 11.9 Å². The van der Waals surface area contributed by atoms with Gasteiger partial charge in [-0.2, -0.15) is 5.10 Å². The Hall–Kier alpha value is -2.57. The highest BCUT2D eigenvalue weighted by molar-refractivity contribution is 5.89. The zero-order valence-corrected chi connectivity index (χ0v) is 13.7. The minimum Gasteiger partial charge on any atom is -0.480 e. The van der Waals surface area contributed by atoms with E-state index in [2.05, 4.69) is 5.10 Å². The van der Waals surface area contributed by atoms with Gasteiger partial charge in [-0.1, -0.05) is 6.42 Å². The molecule has 7 heteroatoms. The lowest BCUT2D eigenvalue weighted by atomic mass is 10.1. The summed E-state index contributed by atoms with van der Waals surface area (Å²) in [5.74, 6) is -2.12. The second kappa shape index (κ2) is 6.51. The van der Waals surface area contributed by atoms with E-state index in [1.807, 2.05) is 23.7 Å². The van der Waals surface area contributed by atoms with Crippen LogP contribution in [0.2, 0.25) is 0 Å². The molecule has 1 aliphatic rings. The van der Waals surface area contributed by atoms with Crippen molar-refractivity contribution >= 4 is 28.5 Å². The zero-order valence-electron chi connectivity index (χ0n) is 13.7. The molecule has 2 N–H and O–H groups in total. The number of hydrogen-bond donors (Lipinski definition) is 2. The van der Waals surface area contributed by atoms with Crippen LogP contribution < -0.4 is 4.90 Å². The van der Waals surface area contributed by atoms with Crippen LogP contribution in [0.3, 0.4) is 0 Å². The monoisotopic (exact) mass is 331 g/mol. The first-order valence-corrected chi connectivity index (χ1v) is 8.14. The molecule has 0 radical (unpaired) electrons. The van der Waals surface area contributed by atoms with Crippen LogP contribution in [0, 0.1) is 6.92 Å². The van der Waals surface area contributed by atoms with Crippen molar-refractivity contribution in [3.05, 3.63) is 23.4 Å². The molecule has 3 rings (SSSR count). The fourth-order valence-corrected chi connectivity index (χ4v) is 3.40. The lowest BCUT2D eigenvalue weighted by Gasteiger charge is -2.22. The SMILES string of the molecule is Cc1cc2c3n(nc2cc1N(CC(=O)O)CC(=O)O)CCCCC3. The average Bonchev–Trinajstić information content (AvgIpc) is 2.67. The van der Waals surface area contributed by atoms with Crippen molar-refractivity contribution in [2.45, 2.75) is 39.2 Å². The molecule has 1 aliphatic heterocycles. The number of nitrogens with zero attached hydrogens (tertiary/aromatic N) is 3. The molecule has 0 atom stereocenters. The van der Waals surface area contributed by atoms with E-state index < -0.39 is 11.9 Å². The second-order valence-electron chi connectivity index (χ2n) is 6.28. The van der Waals surface area contributed by atoms with Gasteiger partial charge < -0.3 is 15.1 Å². The van der Waals surface area contributed by atoms with Crippen LogP contribution in [-0.2, 0) is 22.6 Å². The molecule has 24 heavy (non-hydrogen) atoms. The molecule has 1 aromatic carbocycles. The Morgan fingerprint density at radius 2 is 1.88 bits per heavy atom. The molecule has 0 amide bonds. The van der Waals surface area contributed by atoms with Gasteiger partial charge in [-0.3, -0.25) is 14.3 Å². The van der Waals surface area contributed by atoms with E-state index in [4.69, 9.17) is 10.2 Å². The summed E-state index contributed by atoms with van der Waals surface area (Å²) >= 11 is 0. The average molecular weight is 331 g/mol. The summed E-state index contributed by atoms with van der Waals surface area (Å²) in [5, 5.41) is 23.9. The van der Waals surface area contributed by atoms with Crippen LogP contribution in [0.1, 0.15) is 30.5 Å². The van der Waals surface area contributed by atoms with Gasteiger partial charge in [0.2, 0.25) is 0 Å². The first kappa shape index (κ1) is 16.3. The van der Waals surface area contributed by atoms with Crippen molar-refractivity contribution in [3.8, 4) is 0 Å². The number of aliphatic carboxylic acids is 2. The number of aromatic nitrogens is 2.